The van der Waals surface area contributed by atoms with Crippen LogP contribution in [0.4, 0.5) is 5.82 Å². The zero-order valence-corrected chi connectivity index (χ0v) is 15.4. The van der Waals surface area contributed by atoms with E-state index in [9.17, 15) is 4.79 Å². The Morgan fingerprint density at radius 1 is 1.25 bits per heavy atom. The predicted molar refractivity (Wildman–Crippen MR) is 106 cm³/mol. The molecule has 0 fully saturated rings. The normalized spacial score (nSPS) is 15.3. The molecule has 6 nitrogen and oxygen atoms in total. The van der Waals surface area contributed by atoms with E-state index >= 15 is 0 Å². The summed E-state index contributed by atoms with van der Waals surface area (Å²) in [5, 5.41) is 2.96. The maximum Gasteiger partial charge on any atom is 0.226 e. The number of amides is 1. The molecule has 0 saturated heterocycles. The summed E-state index contributed by atoms with van der Waals surface area (Å²) in [6.07, 6.45) is 7.31. The van der Waals surface area contributed by atoms with Gasteiger partial charge in [0.15, 0.2) is 0 Å². The first-order valence-corrected chi connectivity index (χ1v) is 8.87. The highest BCUT2D eigenvalue weighted by atomic mass is 16.5. The largest absolute Gasteiger partial charge is 0.497 e. The van der Waals surface area contributed by atoms with Crippen LogP contribution in [-0.2, 0) is 4.79 Å². The fourth-order valence-electron chi connectivity index (χ4n) is 3.38. The van der Waals surface area contributed by atoms with Gasteiger partial charge in [-0.05, 0) is 29.8 Å². The number of anilines is 1. The molecule has 1 aromatic heterocycles. The Balaban J connectivity index is 1.74. The monoisotopic (exact) mass is 373 g/mol. The molecule has 28 heavy (non-hydrogen) atoms. The standard InChI is InChI=1S/C22H19N3O3/c1-3-10-28-18-9-4-6-15(11-18)19-13-20(26)24-22-21(19)23-14-25(22)16-7-5-8-17(12-16)27-2/h1,4-9,11-12,14,19H,10,13H2,2H3,(H,24,26)/t19-/m1/s1. The quantitative estimate of drug-likeness (QED) is 0.697. The van der Waals surface area contributed by atoms with E-state index in [2.05, 4.69) is 16.2 Å². The van der Waals surface area contributed by atoms with Gasteiger partial charge in [0.25, 0.3) is 0 Å². The van der Waals surface area contributed by atoms with Crippen LogP contribution in [0.3, 0.4) is 0 Å². The average Bonchev–Trinajstić information content (AvgIpc) is 3.15. The van der Waals surface area contributed by atoms with Gasteiger partial charge in [-0.25, -0.2) is 4.98 Å². The van der Waals surface area contributed by atoms with Gasteiger partial charge in [-0.15, -0.1) is 6.42 Å². The minimum Gasteiger partial charge on any atom is -0.497 e. The number of nitrogens with one attached hydrogen (secondary N) is 1. The van der Waals surface area contributed by atoms with Gasteiger partial charge in [-0.1, -0.05) is 24.1 Å². The molecule has 1 aliphatic heterocycles. The van der Waals surface area contributed by atoms with E-state index in [4.69, 9.17) is 15.9 Å². The lowest BCUT2D eigenvalue weighted by molar-refractivity contribution is -0.116. The second-order valence-corrected chi connectivity index (χ2v) is 6.42. The van der Waals surface area contributed by atoms with E-state index in [0.717, 1.165) is 22.7 Å². The van der Waals surface area contributed by atoms with Crippen LogP contribution in [0.25, 0.3) is 5.69 Å². The number of benzene rings is 2. The van der Waals surface area contributed by atoms with Crippen molar-refractivity contribution < 1.29 is 14.3 Å². The Labute approximate surface area is 163 Å². The van der Waals surface area contributed by atoms with Crippen LogP contribution < -0.4 is 14.8 Å². The molecule has 2 aromatic carbocycles. The fourth-order valence-corrected chi connectivity index (χ4v) is 3.38. The van der Waals surface area contributed by atoms with E-state index in [1.165, 1.54) is 0 Å². The number of nitrogens with zero attached hydrogens (tertiary/aromatic N) is 2. The van der Waals surface area contributed by atoms with Gasteiger partial charge in [0.05, 0.1) is 18.5 Å². The molecule has 1 aliphatic rings. The third-order valence-corrected chi connectivity index (χ3v) is 4.69. The summed E-state index contributed by atoms with van der Waals surface area (Å²) in [5.41, 5.74) is 2.64. The second kappa shape index (κ2) is 7.49. The van der Waals surface area contributed by atoms with Crippen LogP contribution in [0.1, 0.15) is 23.6 Å². The summed E-state index contributed by atoms with van der Waals surface area (Å²) in [4.78, 5) is 17.0. The lowest BCUT2D eigenvalue weighted by Gasteiger charge is -2.23. The Bertz CT molecular complexity index is 1060. The molecule has 0 unspecified atom stereocenters. The number of hydrogen-bond donors (Lipinski definition) is 1. The van der Waals surface area contributed by atoms with Crippen LogP contribution in [0.5, 0.6) is 11.5 Å². The van der Waals surface area contributed by atoms with Gasteiger partial charge in [0, 0.05) is 18.4 Å². The summed E-state index contributed by atoms with van der Waals surface area (Å²) in [5.74, 6) is 4.32. The minimum absolute atomic E-state index is 0.0582. The molecule has 0 saturated carbocycles. The fraction of sp³-hybridized carbons (Fsp3) is 0.182. The van der Waals surface area contributed by atoms with Gasteiger partial charge < -0.3 is 14.8 Å². The molecular weight excluding hydrogens is 354 g/mol. The second-order valence-electron chi connectivity index (χ2n) is 6.42. The van der Waals surface area contributed by atoms with Gasteiger partial charge >= 0.3 is 0 Å². The smallest absolute Gasteiger partial charge is 0.226 e. The maximum atomic E-state index is 12.4. The van der Waals surface area contributed by atoms with Crippen molar-refractivity contribution in [2.24, 2.45) is 0 Å². The van der Waals surface area contributed by atoms with E-state index < -0.39 is 0 Å². The van der Waals surface area contributed by atoms with Crippen molar-refractivity contribution in [1.29, 1.82) is 0 Å². The van der Waals surface area contributed by atoms with E-state index in [1.807, 2.05) is 53.1 Å². The number of rotatable bonds is 5. The lowest BCUT2D eigenvalue weighted by atomic mass is 9.89. The number of fused-ring (bicyclic) bond motifs is 1. The topological polar surface area (TPSA) is 65.4 Å². The van der Waals surface area contributed by atoms with Crippen molar-refractivity contribution in [3.8, 4) is 29.5 Å². The van der Waals surface area contributed by atoms with Crippen molar-refractivity contribution in [1.82, 2.24) is 9.55 Å². The summed E-state index contributed by atoms with van der Waals surface area (Å²) < 4.78 is 12.7. The molecule has 0 spiro atoms. The first kappa shape index (κ1) is 17.7. The highest BCUT2D eigenvalue weighted by Crippen LogP contribution is 2.38. The molecule has 1 amide bonds. The molecule has 0 bridgehead atoms. The summed E-state index contributed by atoms with van der Waals surface area (Å²) in [6.45, 7) is 0.199. The summed E-state index contributed by atoms with van der Waals surface area (Å²) in [6, 6.07) is 15.2. The van der Waals surface area contributed by atoms with Crippen molar-refractivity contribution in [3.63, 3.8) is 0 Å². The van der Waals surface area contributed by atoms with E-state index in [0.29, 0.717) is 18.0 Å². The van der Waals surface area contributed by atoms with Crippen LogP contribution in [0, 0.1) is 12.3 Å². The van der Waals surface area contributed by atoms with Crippen LogP contribution in [0.15, 0.2) is 54.9 Å². The lowest BCUT2D eigenvalue weighted by Crippen LogP contribution is -2.24. The summed E-state index contributed by atoms with van der Waals surface area (Å²) >= 11 is 0. The van der Waals surface area contributed by atoms with E-state index in [1.54, 1.807) is 13.4 Å². The highest BCUT2D eigenvalue weighted by Gasteiger charge is 2.31. The molecule has 1 atom stereocenters. The van der Waals surface area contributed by atoms with Crippen LogP contribution >= 0.6 is 0 Å². The Hall–Kier alpha value is -3.72. The first-order valence-electron chi connectivity index (χ1n) is 8.87. The molecule has 140 valence electrons. The molecule has 0 radical (unpaired) electrons. The van der Waals surface area contributed by atoms with Crippen LogP contribution in [0.2, 0.25) is 0 Å². The molecule has 6 heteroatoms. The molecule has 4 rings (SSSR count). The third kappa shape index (κ3) is 3.30. The van der Waals surface area contributed by atoms with Crippen LogP contribution in [-0.4, -0.2) is 29.2 Å². The molecule has 0 aliphatic carbocycles. The molecule has 2 heterocycles. The average molecular weight is 373 g/mol. The molecule has 3 aromatic rings. The van der Waals surface area contributed by atoms with Crippen molar-refractivity contribution in [2.75, 3.05) is 19.0 Å². The SMILES string of the molecule is C#CCOc1cccc([C@H]2CC(=O)Nc3c2ncn3-c2cccc(OC)c2)c1. The number of ether oxygens (including phenoxy) is 2. The number of terminal acetylenes is 1. The Morgan fingerprint density at radius 3 is 2.89 bits per heavy atom. The highest BCUT2D eigenvalue weighted by molar-refractivity contribution is 5.94. The van der Waals surface area contributed by atoms with E-state index in [-0.39, 0.29) is 18.4 Å². The molecular formula is C22H19N3O3. The number of aromatic nitrogens is 2. The zero-order chi connectivity index (χ0) is 19.5. The Kier molecular flexibility index (Phi) is 4.73. The first-order chi connectivity index (χ1) is 13.7. The number of hydrogen-bond acceptors (Lipinski definition) is 4. The number of imidazole rings is 1. The number of carbonyl (C=O) groups is 1. The number of carbonyl (C=O) groups excluding carboxylic acids is 1. The predicted octanol–water partition coefficient (Wildman–Crippen LogP) is 3.37. The zero-order valence-electron chi connectivity index (χ0n) is 15.4. The van der Waals surface area contributed by atoms with Crippen molar-refractivity contribution in [2.45, 2.75) is 12.3 Å². The minimum atomic E-state index is -0.162. The van der Waals surface area contributed by atoms with Gasteiger partial charge in [0.1, 0.15) is 30.3 Å². The molecule has 1 N–H and O–H groups in total. The van der Waals surface area contributed by atoms with Crippen molar-refractivity contribution in [3.05, 3.63) is 66.1 Å². The van der Waals surface area contributed by atoms with Crippen molar-refractivity contribution >= 4 is 11.7 Å². The maximum absolute atomic E-state index is 12.4. The Morgan fingerprint density at radius 2 is 2.07 bits per heavy atom. The number of methoxy groups -OCH3 is 1. The van der Waals surface area contributed by atoms with Gasteiger partial charge in [-0.3, -0.25) is 9.36 Å². The van der Waals surface area contributed by atoms with Gasteiger partial charge in [-0.2, -0.15) is 0 Å². The summed E-state index contributed by atoms with van der Waals surface area (Å²) in [7, 11) is 1.62. The third-order valence-electron chi connectivity index (χ3n) is 4.69. The van der Waals surface area contributed by atoms with Gasteiger partial charge in [0.2, 0.25) is 5.91 Å².